The second-order valence-electron chi connectivity index (χ2n) is 7.02. The van der Waals surface area contributed by atoms with Crippen molar-refractivity contribution in [2.24, 2.45) is 0 Å². The smallest absolute Gasteiger partial charge is 0.135 e. The fourth-order valence-corrected chi connectivity index (χ4v) is 4.19. The van der Waals surface area contributed by atoms with E-state index in [-0.39, 0.29) is 6.10 Å². The highest BCUT2D eigenvalue weighted by molar-refractivity contribution is 6.33. The minimum atomic E-state index is -0.169. The van der Waals surface area contributed by atoms with Crippen molar-refractivity contribution >= 4 is 11.6 Å². The summed E-state index contributed by atoms with van der Waals surface area (Å²) >= 11 is 6.26. The molecule has 4 rings (SSSR count). The van der Waals surface area contributed by atoms with Crippen molar-refractivity contribution in [3.8, 4) is 11.3 Å². The lowest BCUT2D eigenvalue weighted by Gasteiger charge is -2.41. The van der Waals surface area contributed by atoms with Crippen LogP contribution in [0.3, 0.4) is 0 Å². The first-order valence-corrected chi connectivity index (χ1v) is 8.97. The van der Waals surface area contributed by atoms with Gasteiger partial charge in [0.05, 0.1) is 17.7 Å². The van der Waals surface area contributed by atoms with E-state index in [2.05, 4.69) is 16.7 Å². The number of hydrogen-bond donors (Lipinski definition) is 1. The number of rotatable bonds is 3. The molecule has 0 unspecified atom stereocenters. The normalized spacial score (nSPS) is 28.2. The summed E-state index contributed by atoms with van der Waals surface area (Å²) < 4.78 is 6.04. The molecular weight excluding hydrogens is 324 g/mol. The molecule has 0 spiro atoms. The molecule has 1 aromatic heterocycles. The van der Waals surface area contributed by atoms with Gasteiger partial charge in [-0.3, -0.25) is 9.80 Å². The Hall–Kier alpha value is -1.33. The number of piperazine rings is 1. The summed E-state index contributed by atoms with van der Waals surface area (Å²) in [6.07, 6.45) is 0.712. The third-order valence-corrected chi connectivity index (χ3v) is 5.56. The highest BCUT2D eigenvalue weighted by Crippen LogP contribution is 2.31. The van der Waals surface area contributed by atoms with E-state index in [4.69, 9.17) is 16.0 Å². The van der Waals surface area contributed by atoms with Crippen LogP contribution < -0.4 is 0 Å². The molecule has 3 atom stereocenters. The van der Waals surface area contributed by atoms with Gasteiger partial charge in [0.25, 0.3) is 0 Å². The van der Waals surface area contributed by atoms with E-state index in [1.807, 2.05) is 36.4 Å². The topological polar surface area (TPSA) is 39.9 Å². The van der Waals surface area contributed by atoms with Gasteiger partial charge in [-0.25, -0.2) is 0 Å². The quantitative estimate of drug-likeness (QED) is 0.926. The van der Waals surface area contributed by atoms with Crippen LogP contribution in [0.2, 0.25) is 5.02 Å². The van der Waals surface area contributed by atoms with Gasteiger partial charge in [-0.1, -0.05) is 23.7 Å². The van der Waals surface area contributed by atoms with Crippen molar-refractivity contribution in [1.29, 1.82) is 0 Å². The molecule has 0 bridgehead atoms. The maximum Gasteiger partial charge on any atom is 0.135 e. The molecule has 0 aliphatic carbocycles. The van der Waals surface area contributed by atoms with Crippen LogP contribution in [-0.4, -0.2) is 52.7 Å². The van der Waals surface area contributed by atoms with Gasteiger partial charge in [0, 0.05) is 37.3 Å². The summed E-state index contributed by atoms with van der Waals surface area (Å²) in [4.78, 5) is 4.87. The molecule has 4 nitrogen and oxygen atoms in total. The molecule has 2 saturated heterocycles. The van der Waals surface area contributed by atoms with Gasteiger partial charge < -0.3 is 9.52 Å². The molecule has 2 aliphatic heterocycles. The maximum atomic E-state index is 9.89. The lowest BCUT2D eigenvalue weighted by atomic mass is 10.1. The highest BCUT2D eigenvalue weighted by Gasteiger charge is 2.38. The van der Waals surface area contributed by atoms with E-state index in [0.29, 0.717) is 17.1 Å². The Kier molecular flexibility index (Phi) is 4.39. The van der Waals surface area contributed by atoms with Crippen molar-refractivity contribution < 1.29 is 9.52 Å². The first kappa shape index (κ1) is 16.2. The molecule has 0 radical (unpaired) electrons. The Labute approximate surface area is 147 Å². The standard InChI is InChI=1S/C19H23ClN2O2/c1-13-9-22-11-15(23)8-14(22)10-21(13)12-16-6-7-19(24-16)17-4-2-3-5-18(17)20/h2-7,13-15,23H,8-12H2,1H3/t13-,14-,15-/m1/s1. The van der Waals surface area contributed by atoms with Crippen LogP contribution in [-0.2, 0) is 6.54 Å². The monoisotopic (exact) mass is 346 g/mol. The van der Waals surface area contributed by atoms with Gasteiger partial charge in [0.1, 0.15) is 11.5 Å². The number of aliphatic hydroxyl groups is 1. The number of furan rings is 1. The number of fused-ring (bicyclic) bond motifs is 1. The van der Waals surface area contributed by atoms with E-state index in [0.717, 1.165) is 49.7 Å². The van der Waals surface area contributed by atoms with E-state index in [9.17, 15) is 5.11 Å². The molecule has 2 aliphatic rings. The minimum Gasteiger partial charge on any atom is -0.460 e. The average molecular weight is 347 g/mol. The largest absolute Gasteiger partial charge is 0.460 e. The van der Waals surface area contributed by atoms with E-state index in [1.165, 1.54) is 0 Å². The highest BCUT2D eigenvalue weighted by atomic mass is 35.5. The third-order valence-electron chi connectivity index (χ3n) is 5.23. The fourth-order valence-electron chi connectivity index (χ4n) is 3.97. The van der Waals surface area contributed by atoms with Gasteiger partial charge >= 0.3 is 0 Å². The Balaban J connectivity index is 1.47. The Morgan fingerprint density at radius 3 is 2.83 bits per heavy atom. The predicted octanol–water partition coefficient (Wildman–Crippen LogP) is 3.24. The number of hydrogen-bond acceptors (Lipinski definition) is 4. The average Bonchev–Trinajstić information content (AvgIpc) is 3.14. The molecule has 1 aromatic carbocycles. The lowest BCUT2D eigenvalue weighted by Crippen LogP contribution is -2.54. The summed E-state index contributed by atoms with van der Waals surface area (Å²) in [5.41, 5.74) is 0.933. The van der Waals surface area contributed by atoms with Crippen LogP contribution in [0.5, 0.6) is 0 Å². The first-order valence-electron chi connectivity index (χ1n) is 8.60. The number of aliphatic hydroxyl groups excluding tert-OH is 1. The molecule has 0 amide bonds. The number of nitrogens with zero attached hydrogens (tertiary/aromatic N) is 2. The van der Waals surface area contributed by atoms with Crippen molar-refractivity contribution in [2.45, 2.75) is 38.1 Å². The van der Waals surface area contributed by atoms with E-state index >= 15 is 0 Å². The molecule has 0 saturated carbocycles. The molecule has 2 aromatic rings. The van der Waals surface area contributed by atoms with Gasteiger partial charge in [-0.15, -0.1) is 0 Å². The van der Waals surface area contributed by atoms with Crippen LogP contribution >= 0.6 is 11.6 Å². The number of benzene rings is 1. The summed E-state index contributed by atoms with van der Waals surface area (Å²) in [5, 5.41) is 10.6. The molecule has 24 heavy (non-hydrogen) atoms. The fraction of sp³-hybridized carbons (Fsp3) is 0.474. The van der Waals surface area contributed by atoms with E-state index < -0.39 is 0 Å². The third kappa shape index (κ3) is 3.11. The zero-order valence-corrected chi connectivity index (χ0v) is 14.6. The Bertz CT molecular complexity index is 717. The van der Waals surface area contributed by atoms with Crippen molar-refractivity contribution in [1.82, 2.24) is 9.80 Å². The van der Waals surface area contributed by atoms with Crippen molar-refractivity contribution in [3.05, 3.63) is 47.2 Å². The summed E-state index contributed by atoms with van der Waals surface area (Å²) in [6.45, 7) is 5.87. The summed E-state index contributed by atoms with van der Waals surface area (Å²) in [6, 6.07) is 12.7. The van der Waals surface area contributed by atoms with Crippen LogP contribution in [0.25, 0.3) is 11.3 Å². The Morgan fingerprint density at radius 1 is 1.17 bits per heavy atom. The Morgan fingerprint density at radius 2 is 2.00 bits per heavy atom. The first-order chi connectivity index (χ1) is 11.6. The molecule has 1 N–H and O–H groups in total. The maximum absolute atomic E-state index is 9.89. The zero-order chi connectivity index (χ0) is 16.7. The van der Waals surface area contributed by atoms with Gasteiger partial charge in [-0.05, 0) is 37.6 Å². The van der Waals surface area contributed by atoms with Crippen molar-refractivity contribution in [3.63, 3.8) is 0 Å². The molecule has 2 fully saturated rings. The molecule has 5 heteroatoms. The predicted molar refractivity (Wildman–Crippen MR) is 95.0 cm³/mol. The lowest BCUT2D eigenvalue weighted by molar-refractivity contribution is 0.0485. The van der Waals surface area contributed by atoms with Crippen molar-refractivity contribution in [2.75, 3.05) is 19.6 Å². The van der Waals surface area contributed by atoms with Gasteiger partial charge in [0.2, 0.25) is 0 Å². The number of halogens is 1. The second-order valence-corrected chi connectivity index (χ2v) is 7.43. The summed E-state index contributed by atoms with van der Waals surface area (Å²) in [7, 11) is 0. The molecule has 3 heterocycles. The van der Waals surface area contributed by atoms with Crippen LogP contribution in [0.15, 0.2) is 40.8 Å². The summed E-state index contributed by atoms with van der Waals surface area (Å²) in [5.74, 6) is 1.78. The van der Waals surface area contributed by atoms with Crippen LogP contribution in [0, 0.1) is 0 Å². The zero-order valence-electron chi connectivity index (χ0n) is 13.9. The van der Waals surface area contributed by atoms with Gasteiger partial charge in [-0.2, -0.15) is 0 Å². The van der Waals surface area contributed by atoms with Gasteiger partial charge in [0.15, 0.2) is 0 Å². The van der Waals surface area contributed by atoms with E-state index in [1.54, 1.807) is 0 Å². The van der Waals surface area contributed by atoms with Crippen LogP contribution in [0.1, 0.15) is 19.1 Å². The molecule has 128 valence electrons. The minimum absolute atomic E-state index is 0.169. The van der Waals surface area contributed by atoms with Crippen LogP contribution in [0.4, 0.5) is 0 Å². The SMILES string of the molecule is C[C@@H]1CN2C[C@H](O)C[C@@H]2CN1Cc1ccc(-c2ccccc2Cl)o1. The second kappa shape index (κ2) is 6.52. The molecular formula is C19H23ClN2O2.